The van der Waals surface area contributed by atoms with Gasteiger partial charge in [0.1, 0.15) is 0 Å². The van der Waals surface area contributed by atoms with Crippen molar-refractivity contribution in [1.29, 1.82) is 0 Å². The number of carbonyl (C=O) groups is 1. The SMILES string of the molecule is O=C(Br)NCc1ccncc1. The number of pyridine rings is 1. The fraction of sp³-hybridized carbons (Fsp3) is 0.143. The normalized spacial score (nSPS) is 9.18. The second-order valence-corrected chi connectivity index (χ2v) is 2.70. The summed E-state index contributed by atoms with van der Waals surface area (Å²) in [5, 5.41) is 2.61. The smallest absolute Gasteiger partial charge is 0.287 e. The van der Waals surface area contributed by atoms with Crippen molar-refractivity contribution in [2.75, 3.05) is 0 Å². The number of rotatable bonds is 2. The lowest BCUT2D eigenvalue weighted by atomic mass is 10.3. The number of halogens is 1. The first-order chi connectivity index (χ1) is 5.29. The van der Waals surface area contributed by atoms with E-state index in [1.54, 1.807) is 12.4 Å². The highest BCUT2D eigenvalue weighted by Crippen LogP contribution is 1.95. The molecule has 0 atom stereocenters. The van der Waals surface area contributed by atoms with Crippen molar-refractivity contribution in [3.8, 4) is 0 Å². The Hall–Kier alpha value is -0.900. The molecule has 0 saturated heterocycles. The maximum Gasteiger partial charge on any atom is 0.287 e. The molecule has 58 valence electrons. The molecule has 1 aromatic heterocycles. The van der Waals surface area contributed by atoms with Crippen LogP contribution in [0.2, 0.25) is 0 Å². The van der Waals surface area contributed by atoms with E-state index in [2.05, 4.69) is 26.2 Å². The zero-order valence-corrected chi connectivity index (χ0v) is 7.34. The van der Waals surface area contributed by atoms with E-state index in [4.69, 9.17) is 0 Å². The van der Waals surface area contributed by atoms with Crippen LogP contribution in [0.4, 0.5) is 4.79 Å². The van der Waals surface area contributed by atoms with Gasteiger partial charge in [-0.25, -0.2) is 0 Å². The Kier molecular flexibility index (Phi) is 3.04. The molecule has 0 aliphatic rings. The summed E-state index contributed by atoms with van der Waals surface area (Å²) in [6, 6.07) is 3.70. The van der Waals surface area contributed by atoms with E-state index in [9.17, 15) is 4.79 Å². The molecular weight excluding hydrogens is 208 g/mol. The van der Waals surface area contributed by atoms with Gasteiger partial charge in [-0.1, -0.05) is 0 Å². The molecule has 0 bridgehead atoms. The van der Waals surface area contributed by atoms with Gasteiger partial charge in [0.25, 0.3) is 4.82 Å². The van der Waals surface area contributed by atoms with Gasteiger partial charge in [-0.15, -0.1) is 0 Å². The Morgan fingerprint density at radius 3 is 2.73 bits per heavy atom. The molecule has 0 saturated carbocycles. The molecule has 1 N–H and O–H groups in total. The van der Waals surface area contributed by atoms with Gasteiger partial charge >= 0.3 is 0 Å². The molecule has 0 spiro atoms. The number of nitrogens with zero attached hydrogens (tertiary/aromatic N) is 1. The first kappa shape index (κ1) is 8.20. The predicted molar refractivity (Wildman–Crippen MR) is 45.4 cm³/mol. The third kappa shape index (κ3) is 3.13. The topological polar surface area (TPSA) is 42.0 Å². The number of hydrogen-bond donors (Lipinski definition) is 1. The van der Waals surface area contributed by atoms with Crippen molar-refractivity contribution in [2.24, 2.45) is 0 Å². The van der Waals surface area contributed by atoms with Crippen LogP contribution < -0.4 is 5.32 Å². The summed E-state index contributed by atoms with van der Waals surface area (Å²) in [5.74, 6) is 0. The first-order valence-corrected chi connectivity index (χ1v) is 3.90. The number of amides is 1. The molecule has 1 heterocycles. The zero-order valence-electron chi connectivity index (χ0n) is 5.75. The predicted octanol–water partition coefficient (Wildman–Crippen LogP) is 1.69. The standard InChI is InChI=1S/C7H7BrN2O/c8-7(11)10-5-6-1-3-9-4-2-6/h1-4H,5H2,(H,10,11). The fourth-order valence-corrected chi connectivity index (χ4v) is 0.812. The average Bonchev–Trinajstić information content (AvgIpc) is 2.03. The van der Waals surface area contributed by atoms with Crippen LogP contribution in [-0.2, 0) is 6.54 Å². The van der Waals surface area contributed by atoms with Crippen LogP contribution in [0.1, 0.15) is 5.56 Å². The quantitative estimate of drug-likeness (QED) is 0.602. The average molecular weight is 215 g/mol. The van der Waals surface area contributed by atoms with Crippen molar-refractivity contribution in [2.45, 2.75) is 6.54 Å². The van der Waals surface area contributed by atoms with Gasteiger partial charge < -0.3 is 5.32 Å². The lowest BCUT2D eigenvalue weighted by molar-refractivity contribution is 0.261. The van der Waals surface area contributed by atoms with Gasteiger partial charge in [0.2, 0.25) is 0 Å². The van der Waals surface area contributed by atoms with E-state index in [-0.39, 0.29) is 4.82 Å². The molecule has 0 fully saturated rings. The summed E-state index contributed by atoms with van der Waals surface area (Å²) in [4.78, 5) is 14.1. The molecule has 0 aliphatic carbocycles. The van der Waals surface area contributed by atoms with E-state index in [0.29, 0.717) is 6.54 Å². The minimum absolute atomic E-state index is 0.200. The van der Waals surface area contributed by atoms with Crippen molar-refractivity contribution < 1.29 is 4.79 Å². The van der Waals surface area contributed by atoms with Gasteiger partial charge in [0.05, 0.1) is 0 Å². The summed E-state index contributed by atoms with van der Waals surface area (Å²) in [7, 11) is 0. The van der Waals surface area contributed by atoms with Gasteiger partial charge in [-0.2, -0.15) is 0 Å². The van der Waals surface area contributed by atoms with Crippen molar-refractivity contribution in [3.63, 3.8) is 0 Å². The highest BCUT2D eigenvalue weighted by Gasteiger charge is 1.93. The Morgan fingerprint density at radius 2 is 2.18 bits per heavy atom. The van der Waals surface area contributed by atoms with Crippen molar-refractivity contribution in [1.82, 2.24) is 10.3 Å². The Labute approximate surface area is 73.0 Å². The monoisotopic (exact) mass is 214 g/mol. The molecule has 1 aromatic rings. The van der Waals surface area contributed by atoms with Gasteiger partial charge in [-0.05, 0) is 17.7 Å². The highest BCUT2D eigenvalue weighted by atomic mass is 79.9. The molecule has 0 radical (unpaired) electrons. The van der Waals surface area contributed by atoms with Gasteiger partial charge in [-0.3, -0.25) is 9.78 Å². The molecular formula is C7H7BrN2O. The molecule has 3 nitrogen and oxygen atoms in total. The summed E-state index contributed by atoms with van der Waals surface area (Å²) in [5.41, 5.74) is 1.04. The van der Waals surface area contributed by atoms with Crippen LogP contribution in [0, 0.1) is 0 Å². The van der Waals surface area contributed by atoms with E-state index in [0.717, 1.165) is 5.56 Å². The maximum absolute atomic E-state index is 10.4. The first-order valence-electron chi connectivity index (χ1n) is 3.11. The van der Waals surface area contributed by atoms with Crippen LogP contribution in [-0.4, -0.2) is 9.80 Å². The third-order valence-electron chi connectivity index (χ3n) is 1.18. The van der Waals surface area contributed by atoms with Crippen LogP contribution in [0.25, 0.3) is 0 Å². The third-order valence-corrected chi connectivity index (χ3v) is 1.46. The number of carbonyl (C=O) groups excluding carboxylic acids is 1. The summed E-state index contributed by atoms with van der Waals surface area (Å²) in [6.07, 6.45) is 3.38. The Bertz CT molecular complexity index is 237. The molecule has 0 aromatic carbocycles. The number of hydrogen-bond acceptors (Lipinski definition) is 2. The maximum atomic E-state index is 10.4. The van der Waals surface area contributed by atoms with Crippen LogP contribution in [0.5, 0.6) is 0 Å². The lowest BCUT2D eigenvalue weighted by Gasteiger charge is -1.98. The Morgan fingerprint density at radius 1 is 1.55 bits per heavy atom. The van der Waals surface area contributed by atoms with Crippen LogP contribution >= 0.6 is 15.9 Å². The molecule has 1 rings (SSSR count). The molecule has 0 aliphatic heterocycles. The van der Waals surface area contributed by atoms with E-state index in [1.807, 2.05) is 12.1 Å². The second-order valence-electron chi connectivity index (χ2n) is 1.98. The summed E-state index contributed by atoms with van der Waals surface area (Å²) < 4.78 is 0. The minimum atomic E-state index is -0.200. The lowest BCUT2D eigenvalue weighted by Crippen LogP contribution is -2.14. The van der Waals surface area contributed by atoms with Crippen molar-refractivity contribution in [3.05, 3.63) is 30.1 Å². The van der Waals surface area contributed by atoms with Gasteiger partial charge in [0, 0.05) is 34.9 Å². The largest absolute Gasteiger partial charge is 0.343 e. The van der Waals surface area contributed by atoms with Gasteiger partial charge in [0.15, 0.2) is 0 Å². The molecule has 4 heteroatoms. The minimum Gasteiger partial charge on any atom is -0.343 e. The van der Waals surface area contributed by atoms with Crippen molar-refractivity contribution >= 4 is 20.7 Å². The zero-order chi connectivity index (χ0) is 8.10. The number of aromatic nitrogens is 1. The summed E-state index contributed by atoms with van der Waals surface area (Å²) >= 11 is 2.77. The van der Waals surface area contributed by atoms with E-state index >= 15 is 0 Å². The van der Waals surface area contributed by atoms with Crippen LogP contribution in [0.15, 0.2) is 24.5 Å². The highest BCUT2D eigenvalue weighted by molar-refractivity contribution is 9.18. The molecule has 0 unspecified atom stereocenters. The van der Waals surface area contributed by atoms with E-state index < -0.39 is 0 Å². The number of nitrogens with one attached hydrogen (secondary N) is 1. The molecule has 11 heavy (non-hydrogen) atoms. The molecule has 1 amide bonds. The second kappa shape index (κ2) is 4.08. The van der Waals surface area contributed by atoms with Crippen LogP contribution in [0.3, 0.4) is 0 Å². The summed E-state index contributed by atoms with van der Waals surface area (Å²) in [6.45, 7) is 0.534. The fourth-order valence-electron chi connectivity index (χ4n) is 0.672. The Balaban J connectivity index is 2.45. The van der Waals surface area contributed by atoms with E-state index in [1.165, 1.54) is 0 Å².